The van der Waals surface area contributed by atoms with Crippen LogP contribution < -0.4 is 16.0 Å². The largest absolute Gasteiger partial charge is 0.381 e. The molecule has 0 aliphatic heterocycles. The molecular weight excluding hydrogens is 455 g/mol. The fraction of sp³-hybridized carbons (Fsp3) is 0.900. The van der Waals surface area contributed by atoms with Gasteiger partial charge in [-0.25, -0.2) is 0 Å². The summed E-state index contributed by atoms with van der Waals surface area (Å²) < 4.78 is 5.63. The van der Waals surface area contributed by atoms with Crippen LogP contribution in [0.15, 0.2) is 4.99 Å². The predicted molar refractivity (Wildman–Crippen MR) is 122 cm³/mol. The monoisotopic (exact) mass is 494 g/mol. The Morgan fingerprint density at radius 1 is 1.00 bits per heavy atom. The fourth-order valence-corrected chi connectivity index (χ4v) is 3.34. The van der Waals surface area contributed by atoms with Crippen LogP contribution in [0.3, 0.4) is 0 Å². The van der Waals surface area contributed by atoms with Crippen molar-refractivity contribution in [2.75, 3.05) is 39.4 Å². The zero-order valence-electron chi connectivity index (χ0n) is 16.9. The number of ether oxygens (including phenoxy) is 1. The van der Waals surface area contributed by atoms with Crippen molar-refractivity contribution >= 4 is 35.8 Å². The van der Waals surface area contributed by atoms with Crippen molar-refractivity contribution in [3.63, 3.8) is 0 Å². The van der Waals surface area contributed by atoms with E-state index < -0.39 is 0 Å². The number of aliphatic imine (C=N–C) groups is 1. The van der Waals surface area contributed by atoms with E-state index in [9.17, 15) is 4.79 Å². The van der Waals surface area contributed by atoms with Crippen LogP contribution in [0.5, 0.6) is 0 Å². The molecule has 2 aliphatic carbocycles. The molecule has 2 rings (SSSR count). The van der Waals surface area contributed by atoms with Crippen molar-refractivity contribution in [3.8, 4) is 0 Å². The van der Waals surface area contributed by atoms with Crippen molar-refractivity contribution in [2.24, 2.45) is 16.8 Å². The molecule has 27 heavy (non-hydrogen) atoms. The number of halogens is 1. The van der Waals surface area contributed by atoms with E-state index in [1.54, 1.807) is 0 Å². The highest BCUT2D eigenvalue weighted by molar-refractivity contribution is 14.0. The van der Waals surface area contributed by atoms with Crippen molar-refractivity contribution in [1.29, 1.82) is 0 Å². The Bertz CT molecular complexity index is 424. The minimum Gasteiger partial charge on any atom is -0.381 e. The SMILES string of the molecule is CCNC(=NCCCOCC1CC1)NCCNC(=O)CC1CCCCC1.I. The molecular formula is C20H39IN4O2. The third kappa shape index (κ3) is 12.5. The first kappa shape index (κ1) is 24.5. The topological polar surface area (TPSA) is 74.8 Å². The Morgan fingerprint density at radius 3 is 2.44 bits per heavy atom. The first-order valence-corrected chi connectivity index (χ1v) is 10.6. The summed E-state index contributed by atoms with van der Waals surface area (Å²) in [5.41, 5.74) is 0. The Kier molecular flexibility index (Phi) is 13.9. The van der Waals surface area contributed by atoms with Gasteiger partial charge in [0.25, 0.3) is 0 Å². The first-order chi connectivity index (χ1) is 12.8. The molecule has 1 amide bonds. The van der Waals surface area contributed by atoms with Crippen LogP contribution in [-0.4, -0.2) is 51.3 Å². The van der Waals surface area contributed by atoms with Crippen LogP contribution in [0.2, 0.25) is 0 Å². The zero-order valence-corrected chi connectivity index (χ0v) is 19.3. The molecule has 0 atom stereocenters. The first-order valence-electron chi connectivity index (χ1n) is 10.6. The number of nitrogens with one attached hydrogen (secondary N) is 3. The van der Waals surface area contributed by atoms with Gasteiger partial charge in [-0.2, -0.15) is 0 Å². The van der Waals surface area contributed by atoms with E-state index in [4.69, 9.17) is 4.74 Å². The molecule has 2 aliphatic rings. The lowest BCUT2D eigenvalue weighted by Gasteiger charge is -2.20. The summed E-state index contributed by atoms with van der Waals surface area (Å²) in [6, 6.07) is 0. The van der Waals surface area contributed by atoms with Crippen molar-refractivity contribution in [2.45, 2.75) is 64.7 Å². The number of guanidine groups is 1. The number of nitrogens with zero attached hydrogens (tertiary/aromatic N) is 1. The third-order valence-electron chi connectivity index (χ3n) is 5.05. The highest BCUT2D eigenvalue weighted by atomic mass is 127. The highest BCUT2D eigenvalue weighted by Gasteiger charge is 2.20. The van der Waals surface area contributed by atoms with E-state index in [2.05, 4.69) is 27.9 Å². The summed E-state index contributed by atoms with van der Waals surface area (Å²) in [6.07, 6.45) is 10.6. The second-order valence-electron chi connectivity index (χ2n) is 7.62. The molecule has 0 bridgehead atoms. The molecule has 0 radical (unpaired) electrons. The molecule has 0 aromatic heterocycles. The quantitative estimate of drug-likeness (QED) is 0.169. The van der Waals surface area contributed by atoms with E-state index >= 15 is 0 Å². The third-order valence-corrected chi connectivity index (χ3v) is 5.05. The Labute approximate surface area is 182 Å². The van der Waals surface area contributed by atoms with Gasteiger partial charge in [0.1, 0.15) is 0 Å². The van der Waals surface area contributed by atoms with Crippen LogP contribution in [-0.2, 0) is 9.53 Å². The molecule has 2 saturated carbocycles. The lowest BCUT2D eigenvalue weighted by atomic mass is 9.87. The molecule has 7 heteroatoms. The Balaban J connectivity index is 0.00000364. The minimum atomic E-state index is 0. The summed E-state index contributed by atoms with van der Waals surface area (Å²) >= 11 is 0. The molecule has 6 nitrogen and oxygen atoms in total. The van der Waals surface area contributed by atoms with Gasteiger partial charge >= 0.3 is 0 Å². The smallest absolute Gasteiger partial charge is 0.220 e. The minimum absolute atomic E-state index is 0. The van der Waals surface area contributed by atoms with Gasteiger partial charge < -0.3 is 20.7 Å². The van der Waals surface area contributed by atoms with E-state index in [1.165, 1.54) is 44.9 Å². The lowest BCUT2D eigenvalue weighted by Crippen LogP contribution is -2.41. The van der Waals surface area contributed by atoms with Gasteiger partial charge in [-0.05, 0) is 50.9 Å². The maximum absolute atomic E-state index is 12.0. The summed E-state index contributed by atoms with van der Waals surface area (Å²) in [4.78, 5) is 16.6. The molecule has 0 unspecified atom stereocenters. The van der Waals surface area contributed by atoms with Crippen molar-refractivity contribution < 1.29 is 9.53 Å². The van der Waals surface area contributed by atoms with Gasteiger partial charge in [-0.1, -0.05) is 19.3 Å². The van der Waals surface area contributed by atoms with E-state index in [0.29, 0.717) is 25.4 Å². The van der Waals surface area contributed by atoms with Crippen LogP contribution in [0.25, 0.3) is 0 Å². The Morgan fingerprint density at radius 2 is 1.74 bits per heavy atom. The number of amides is 1. The number of rotatable bonds is 12. The average molecular weight is 494 g/mol. The number of hydrogen-bond acceptors (Lipinski definition) is 3. The van der Waals surface area contributed by atoms with Gasteiger partial charge in [0.05, 0.1) is 0 Å². The van der Waals surface area contributed by atoms with Gasteiger partial charge in [0, 0.05) is 45.8 Å². The van der Waals surface area contributed by atoms with Crippen molar-refractivity contribution in [3.05, 3.63) is 0 Å². The summed E-state index contributed by atoms with van der Waals surface area (Å²) in [6.45, 7) is 6.69. The number of carbonyl (C=O) groups is 1. The van der Waals surface area contributed by atoms with Crippen molar-refractivity contribution in [1.82, 2.24) is 16.0 Å². The van der Waals surface area contributed by atoms with Gasteiger partial charge in [-0.15, -0.1) is 24.0 Å². The second-order valence-corrected chi connectivity index (χ2v) is 7.62. The highest BCUT2D eigenvalue weighted by Crippen LogP contribution is 2.28. The van der Waals surface area contributed by atoms with E-state index in [0.717, 1.165) is 44.6 Å². The van der Waals surface area contributed by atoms with E-state index in [-0.39, 0.29) is 29.9 Å². The van der Waals surface area contributed by atoms with Gasteiger partial charge in [0.2, 0.25) is 5.91 Å². The van der Waals surface area contributed by atoms with Crippen LogP contribution >= 0.6 is 24.0 Å². The molecule has 3 N–H and O–H groups in total. The zero-order chi connectivity index (χ0) is 18.5. The summed E-state index contributed by atoms with van der Waals surface area (Å²) in [5, 5.41) is 9.55. The van der Waals surface area contributed by atoms with Gasteiger partial charge in [-0.3, -0.25) is 9.79 Å². The van der Waals surface area contributed by atoms with Crippen LogP contribution in [0, 0.1) is 11.8 Å². The number of carbonyl (C=O) groups excluding carboxylic acids is 1. The fourth-order valence-electron chi connectivity index (χ4n) is 3.34. The lowest BCUT2D eigenvalue weighted by molar-refractivity contribution is -0.122. The molecule has 2 fully saturated rings. The maximum atomic E-state index is 12.0. The molecule has 0 spiro atoms. The Hall–Kier alpha value is -0.570. The number of hydrogen-bond donors (Lipinski definition) is 3. The second kappa shape index (κ2) is 15.4. The van der Waals surface area contributed by atoms with Crippen LogP contribution in [0.4, 0.5) is 0 Å². The molecule has 0 aromatic carbocycles. The normalized spacial score (nSPS) is 17.9. The van der Waals surface area contributed by atoms with Crippen LogP contribution in [0.1, 0.15) is 64.7 Å². The molecule has 0 saturated heterocycles. The molecule has 158 valence electrons. The molecule has 0 aromatic rings. The predicted octanol–water partition coefficient (Wildman–Crippen LogP) is 3.06. The summed E-state index contributed by atoms with van der Waals surface area (Å²) in [5.74, 6) is 2.42. The molecule has 0 heterocycles. The maximum Gasteiger partial charge on any atom is 0.220 e. The average Bonchev–Trinajstić information content (AvgIpc) is 3.46. The summed E-state index contributed by atoms with van der Waals surface area (Å²) in [7, 11) is 0. The van der Waals surface area contributed by atoms with E-state index in [1.807, 2.05) is 0 Å². The van der Waals surface area contributed by atoms with Gasteiger partial charge in [0.15, 0.2) is 5.96 Å². The standard InChI is InChI=1S/C20H38N4O2.HI/c1-2-21-20(23-11-6-14-26-16-18-9-10-18)24-13-12-22-19(25)15-17-7-4-3-5-8-17;/h17-18H,2-16H2,1H3,(H,22,25)(H2,21,23,24);1H.